The lowest BCUT2D eigenvalue weighted by Crippen LogP contribution is -2.37. The number of carbonyl (C=O) groups excluding carboxylic acids is 2. The first-order valence-electron chi connectivity index (χ1n) is 13.9. The van der Waals surface area contributed by atoms with Gasteiger partial charge in [0.15, 0.2) is 5.78 Å². The maximum absolute atomic E-state index is 12.5. The van der Waals surface area contributed by atoms with Gasteiger partial charge in [-0.3, -0.25) is 9.59 Å². The lowest BCUT2D eigenvalue weighted by atomic mass is 9.80. The molecule has 2 rings (SSSR count). The molecule has 1 N–H and O–H groups in total. The number of Topliss-reactive ketones (excluding diaryl/α,β-unsaturated/α-hetero) is 1. The maximum atomic E-state index is 12.5. The molecule has 1 fully saturated rings. The minimum absolute atomic E-state index is 0.0306. The molecule has 0 radical (unpaired) electrons. The lowest BCUT2D eigenvalue weighted by Gasteiger charge is -2.33. The third-order valence-corrected chi connectivity index (χ3v) is 7.09. The van der Waals surface area contributed by atoms with Gasteiger partial charge in [-0.25, -0.2) is 5.43 Å². The Morgan fingerprint density at radius 1 is 0.909 bits per heavy atom. The second-order valence-electron chi connectivity index (χ2n) is 10.00. The largest absolute Gasteiger partial charge is 0.496 e. The van der Waals surface area contributed by atoms with E-state index in [9.17, 15) is 9.59 Å². The minimum atomic E-state index is -0.0822. The smallest absolute Gasteiger partial charge is 0.240 e. The summed E-state index contributed by atoms with van der Waals surface area (Å²) in [5, 5.41) is 3.98. The van der Waals surface area contributed by atoms with Gasteiger partial charge in [-0.15, -0.1) is 0 Å². The molecule has 0 aromatic heterocycles. The van der Waals surface area contributed by atoms with Crippen LogP contribution in [0.2, 0.25) is 0 Å². The normalized spacial score (nSPS) is 20.4. The summed E-state index contributed by atoms with van der Waals surface area (Å²) in [4.78, 5) is 24.5. The van der Waals surface area contributed by atoms with Crippen molar-refractivity contribution >= 4 is 17.9 Å². The van der Waals surface area contributed by atoms with Crippen LogP contribution in [0.4, 0.5) is 0 Å². The Balaban J connectivity index is 1.39. The van der Waals surface area contributed by atoms with Crippen molar-refractivity contribution in [3.63, 3.8) is 0 Å². The molecule has 0 aromatic rings. The minimum Gasteiger partial charge on any atom is -0.496 e. The number of ether oxygens (including phenoxy) is 1. The van der Waals surface area contributed by atoms with Crippen LogP contribution < -0.4 is 5.43 Å². The predicted octanol–water partition coefficient (Wildman–Crippen LogP) is 7.39. The van der Waals surface area contributed by atoms with E-state index in [-0.39, 0.29) is 23.7 Å². The van der Waals surface area contributed by atoms with Crippen LogP contribution in [0, 0.1) is 5.92 Å². The highest BCUT2D eigenvalue weighted by atomic mass is 16.5. The number of ketones is 1. The summed E-state index contributed by atoms with van der Waals surface area (Å²) in [5.41, 5.74) is 3.02. The zero-order valence-electron chi connectivity index (χ0n) is 21.1. The fraction of sp³-hybridized carbons (Fsp3) is 0.821. The van der Waals surface area contributed by atoms with Gasteiger partial charge >= 0.3 is 0 Å². The number of hydrogen-bond donors (Lipinski definition) is 1. The molecule has 0 aromatic carbocycles. The van der Waals surface area contributed by atoms with Crippen molar-refractivity contribution in [2.45, 2.75) is 141 Å². The molecule has 5 heteroatoms. The fourth-order valence-electron chi connectivity index (χ4n) is 4.97. The summed E-state index contributed by atoms with van der Waals surface area (Å²) in [7, 11) is 0. The van der Waals surface area contributed by atoms with Crippen LogP contribution in [0.25, 0.3) is 0 Å². The van der Waals surface area contributed by atoms with E-state index in [1.807, 2.05) is 0 Å². The summed E-state index contributed by atoms with van der Waals surface area (Å²) in [5.74, 6) is -0.0196. The molecule has 1 saturated carbocycles. The Morgan fingerprint density at radius 2 is 1.45 bits per heavy atom. The SMILES string of the molecule is CCCCCCCCCCCCCCCCCC(=O)N/N=C/C1=COC2CCCCC2C1=O. The molecule has 0 saturated heterocycles. The van der Waals surface area contributed by atoms with Crippen LogP contribution >= 0.6 is 0 Å². The van der Waals surface area contributed by atoms with Gasteiger partial charge in [0.05, 0.1) is 24.0 Å². The van der Waals surface area contributed by atoms with Gasteiger partial charge in [0.25, 0.3) is 0 Å². The number of allylic oxidation sites excluding steroid dienone is 1. The van der Waals surface area contributed by atoms with Crippen LogP contribution in [0.15, 0.2) is 16.9 Å². The molecule has 5 nitrogen and oxygen atoms in total. The highest BCUT2D eigenvalue weighted by Crippen LogP contribution is 2.32. The van der Waals surface area contributed by atoms with Gasteiger partial charge in [0.1, 0.15) is 6.10 Å². The molecule has 1 amide bonds. The van der Waals surface area contributed by atoms with Gasteiger partial charge in [0, 0.05) is 6.42 Å². The summed E-state index contributed by atoms with van der Waals surface area (Å²) in [6, 6.07) is 0. The van der Waals surface area contributed by atoms with Crippen LogP contribution in [0.5, 0.6) is 0 Å². The molecule has 0 bridgehead atoms. The van der Waals surface area contributed by atoms with Gasteiger partial charge in [-0.2, -0.15) is 5.10 Å². The van der Waals surface area contributed by atoms with Gasteiger partial charge in [0.2, 0.25) is 5.91 Å². The Kier molecular flexibility index (Phi) is 14.9. The standard InChI is InChI=1S/C28H48N2O3/c1-2-3-4-5-6-7-8-9-10-11-12-13-14-15-16-21-27(31)30-29-22-24-23-33-26-20-18-17-19-25(26)28(24)32/h22-23,25-26H,2-21H2,1H3,(H,30,31)/b29-22+. The van der Waals surface area contributed by atoms with Crippen molar-refractivity contribution in [1.82, 2.24) is 5.43 Å². The van der Waals surface area contributed by atoms with E-state index in [2.05, 4.69) is 17.5 Å². The van der Waals surface area contributed by atoms with Gasteiger partial charge < -0.3 is 4.74 Å². The quantitative estimate of drug-likeness (QED) is 0.132. The molecule has 188 valence electrons. The maximum Gasteiger partial charge on any atom is 0.240 e. The topological polar surface area (TPSA) is 67.8 Å². The average Bonchev–Trinajstić information content (AvgIpc) is 2.83. The van der Waals surface area contributed by atoms with Crippen molar-refractivity contribution in [3.8, 4) is 0 Å². The second-order valence-corrected chi connectivity index (χ2v) is 10.00. The molecule has 0 spiro atoms. The first kappa shape index (κ1) is 27.6. The number of carbonyl (C=O) groups is 2. The first-order chi connectivity index (χ1) is 16.2. The predicted molar refractivity (Wildman–Crippen MR) is 136 cm³/mol. The number of fused-ring (bicyclic) bond motifs is 1. The van der Waals surface area contributed by atoms with E-state index in [1.54, 1.807) is 0 Å². The zero-order valence-corrected chi connectivity index (χ0v) is 21.1. The van der Waals surface area contributed by atoms with E-state index in [1.165, 1.54) is 95.9 Å². The molecule has 2 atom stereocenters. The Hall–Kier alpha value is -1.65. The average molecular weight is 461 g/mol. The Bertz CT molecular complexity index is 614. The summed E-state index contributed by atoms with van der Waals surface area (Å²) >= 11 is 0. The van der Waals surface area contributed by atoms with Crippen LogP contribution in [-0.4, -0.2) is 24.0 Å². The molecule has 1 aliphatic carbocycles. The number of hydrazone groups is 1. The summed E-state index contributed by atoms with van der Waals surface area (Å²) < 4.78 is 5.70. The van der Waals surface area contributed by atoms with Crippen molar-refractivity contribution in [1.29, 1.82) is 0 Å². The fourth-order valence-corrected chi connectivity index (χ4v) is 4.97. The second kappa shape index (κ2) is 17.8. The third-order valence-electron chi connectivity index (χ3n) is 7.09. The van der Waals surface area contributed by atoms with E-state index < -0.39 is 0 Å². The van der Waals surface area contributed by atoms with Crippen LogP contribution in [0.1, 0.15) is 135 Å². The molecule has 2 aliphatic rings. The van der Waals surface area contributed by atoms with E-state index >= 15 is 0 Å². The van der Waals surface area contributed by atoms with E-state index in [4.69, 9.17) is 4.74 Å². The highest BCUT2D eigenvalue weighted by molar-refractivity contribution is 6.14. The monoisotopic (exact) mass is 460 g/mol. The third kappa shape index (κ3) is 11.9. The lowest BCUT2D eigenvalue weighted by molar-refractivity contribution is -0.126. The molecule has 33 heavy (non-hydrogen) atoms. The molecule has 1 heterocycles. The number of unbranched alkanes of at least 4 members (excludes halogenated alkanes) is 14. The van der Waals surface area contributed by atoms with Crippen molar-refractivity contribution < 1.29 is 14.3 Å². The van der Waals surface area contributed by atoms with E-state index in [0.717, 1.165) is 38.5 Å². The molecular formula is C28H48N2O3. The van der Waals surface area contributed by atoms with Crippen molar-refractivity contribution in [2.75, 3.05) is 0 Å². The van der Waals surface area contributed by atoms with Gasteiger partial charge in [-0.1, -0.05) is 103 Å². The number of hydrogen-bond acceptors (Lipinski definition) is 4. The van der Waals surface area contributed by atoms with Crippen molar-refractivity contribution in [2.24, 2.45) is 11.0 Å². The van der Waals surface area contributed by atoms with Crippen LogP contribution in [0.3, 0.4) is 0 Å². The van der Waals surface area contributed by atoms with Crippen LogP contribution in [-0.2, 0) is 14.3 Å². The Morgan fingerprint density at radius 3 is 2.06 bits per heavy atom. The zero-order chi connectivity index (χ0) is 23.6. The number of nitrogens with zero attached hydrogens (tertiary/aromatic N) is 1. The first-order valence-corrected chi connectivity index (χ1v) is 13.9. The summed E-state index contributed by atoms with van der Waals surface area (Å²) in [6.07, 6.45) is 27.2. The molecule has 2 unspecified atom stereocenters. The number of rotatable bonds is 18. The number of amides is 1. The Labute approximate surface area is 202 Å². The van der Waals surface area contributed by atoms with Crippen molar-refractivity contribution in [3.05, 3.63) is 11.8 Å². The highest BCUT2D eigenvalue weighted by Gasteiger charge is 2.36. The molecule has 1 aliphatic heterocycles. The molecular weight excluding hydrogens is 412 g/mol. The number of nitrogens with one attached hydrogen (secondary N) is 1. The summed E-state index contributed by atoms with van der Waals surface area (Å²) in [6.45, 7) is 2.27. The van der Waals surface area contributed by atoms with E-state index in [0.29, 0.717) is 12.0 Å². The van der Waals surface area contributed by atoms with Gasteiger partial charge in [-0.05, 0) is 25.7 Å².